The van der Waals surface area contributed by atoms with Crippen molar-refractivity contribution in [3.63, 3.8) is 0 Å². The molecule has 3 aromatic rings. The van der Waals surface area contributed by atoms with Crippen LogP contribution in [0.4, 0.5) is 0 Å². The summed E-state index contributed by atoms with van der Waals surface area (Å²) in [5.41, 5.74) is 0.718. The van der Waals surface area contributed by atoms with E-state index in [0.717, 1.165) is 16.5 Å². The van der Waals surface area contributed by atoms with E-state index in [1.807, 2.05) is 63.2 Å². The van der Waals surface area contributed by atoms with Crippen LogP contribution in [0.25, 0.3) is 10.8 Å². The molecule has 0 aliphatic heterocycles. The molecule has 0 saturated carbocycles. The van der Waals surface area contributed by atoms with Gasteiger partial charge in [-0.2, -0.15) is 0 Å². The lowest BCUT2D eigenvalue weighted by atomic mass is 10.1. The topological polar surface area (TPSA) is 67.4 Å². The number of benzene rings is 3. The van der Waals surface area contributed by atoms with E-state index < -0.39 is 0 Å². The maximum atomic E-state index is 12.3. The molecule has 5 nitrogen and oxygen atoms in total. The Labute approximate surface area is 171 Å². The average Bonchev–Trinajstić information content (AvgIpc) is 2.70. The van der Waals surface area contributed by atoms with E-state index in [9.17, 15) is 9.59 Å². The summed E-state index contributed by atoms with van der Waals surface area (Å²) in [6.45, 7) is 6.52. The number of carbonyl (C=O) groups excluding carboxylic acids is 2. The second-order valence-electron chi connectivity index (χ2n) is 7.86. The van der Waals surface area contributed by atoms with Crippen LogP contribution in [0.1, 0.15) is 41.5 Å². The summed E-state index contributed by atoms with van der Waals surface area (Å²) in [6.07, 6.45) is 0. The number of ether oxygens (including phenoxy) is 1. The fraction of sp³-hybridized carbons (Fsp3) is 0.250. The van der Waals surface area contributed by atoms with Gasteiger partial charge in [0.1, 0.15) is 12.4 Å². The zero-order valence-corrected chi connectivity index (χ0v) is 17.0. The van der Waals surface area contributed by atoms with Gasteiger partial charge in [0, 0.05) is 22.1 Å². The number of fused-ring (bicyclic) bond motifs is 1. The Morgan fingerprint density at radius 1 is 0.828 bits per heavy atom. The van der Waals surface area contributed by atoms with Gasteiger partial charge in [0.15, 0.2) is 0 Å². The molecule has 0 atom stereocenters. The highest BCUT2D eigenvalue weighted by atomic mass is 16.5. The maximum Gasteiger partial charge on any atom is 0.251 e. The molecule has 0 aromatic heterocycles. The summed E-state index contributed by atoms with van der Waals surface area (Å²) in [5.74, 6) is 0.439. The molecule has 0 fully saturated rings. The van der Waals surface area contributed by atoms with Gasteiger partial charge in [-0.05, 0) is 56.5 Å². The second-order valence-corrected chi connectivity index (χ2v) is 7.86. The fourth-order valence-corrected chi connectivity index (χ4v) is 2.93. The van der Waals surface area contributed by atoms with E-state index in [2.05, 4.69) is 10.6 Å². The summed E-state index contributed by atoms with van der Waals surface area (Å²) in [5, 5.41) is 7.90. The van der Waals surface area contributed by atoms with Crippen molar-refractivity contribution in [2.75, 3.05) is 13.2 Å². The van der Waals surface area contributed by atoms with E-state index in [4.69, 9.17) is 4.74 Å². The first kappa shape index (κ1) is 20.4. The highest BCUT2D eigenvalue weighted by Gasteiger charge is 2.15. The summed E-state index contributed by atoms with van der Waals surface area (Å²) in [6, 6.07) is 20.5. The van der Waals surface area contributed by atoms with Crippen molar-refractivity contribution in [1.29, 1.82) is 0 Å². The smallest absolute Gasteiger partial charge is 0.251 e. The lowest BCUT2D eigenvalue weighted by Crippen LogP contribution is -2.40. The van der Waals surface area contributed by atoms with Gasteiger partial charge >= 0.3 is 0 Å². The predicted octanol–water partition coefficient (Wildman–Crippen LogP) is 4.18. The van der Waals surface area contributed by atoms with Gasteiger partial charge in [0.25, 0.3) is 11.8 Å². The minimum absolute atomic E-state index is 0.159. The number of amides is 2. The number of hydrogen-bond acceptors (Lipinski definition) is 3. The van der Waals surface area contributed by atoms with Crippen molar-refractivity contribution in [3.8, 4) is 5.75 Å². The van der Waals surface area contributed by atoms with Crippen LogP contribution >= 0.6 is 0 Å². The van der Waals surface area contributed by atoms with Crippen molar-refractivity contribution in [2.45, 2.75) is 26.3 Å². The number of carbonyl (C=O) groups is 2. The van der Waals surface area contributed by atoms with Crippen LogP contribution in [0, 0.1) is 0 Å². The van der Waals surface area contributed by atoms with E-state index >= 15 is 0 Å². The second kappa shape index (κ2) is 8.78. The van der Waals surface area contributed by atoms with Crippen LogP contribution in [0.15, 0.2) is 66.7 Å². The number of rotatable bonds is 6. The van der Waals surface area contributed by atoms with Crippen molar-refractivity contribution < 1.29 is 14.3 Å². The molecule has 150 valence electrons. The molecule has 0 heterocycles. The van der Waals surface area contributed by atoms with Gasteiger partial charge in [-0.1, -0.05) is 36.4 Å². The van der Waals surface area contributed by atoms with Gasteiger partial charge in [-0.25, -0.2) is 0 Å². The Hall–Kier alpha value is -3.34. The first-order valence-electron chi connectivity index (χ1n) is 9.65. The van der Waals surface area contributed by atoms with Gasteiger partial charge in [0.05, 0.1) is 6.54 Å². The van der Waals surface area contributed by atoms with E-state index in [1.54, 1.807) is 24.3 Å². The van der Waals surface area contributed by atoms with Crippen LogP contribution < -0.4 is 15.4 Å². The third-order valence-corrected chi connectivity index (χ3v) is 4.29. The zero-order valence-electron chi connectivity index (χ0n) is 17.0. The molecule has 5 heteroatoms. The largest absolute Gasteiger partial charge is 0.491 e. The van der Waals surface area contributed by atoms with Gasteiger partial charge in [-0.15, -0.1) is 0 Å². The highest BCUT2D eigenvalue weighted by molar-refractivity contribution is 5.98. The quantitative estimate of drug-likeness (QED) is 0.621. The van der Waals surface area contributed by atoms with Crippen LogP contribution in [0.3, 0.4) is 0 Å². The molecule has 2 N–H and O–H groups in total. The van der Waals surface area contributed by atoms with E-state index in [0.29, 0.717) is 24.3 Å². The summed E-state index contributed by atoms with van der Waals surface area (Å²) in [4.78, 5) is 24.5. The average molecular weight is 390 g/mol. The fourth-order valence-electron chi connectivity index (χ4n) is 2.93. The molecule has 3 rings (SSSR count). The molecule has 29 heavy (non-hydrogen) atoms. The minimum atomic E-state index is -0.308. The van der Waals surface area contributed by atoms with Crippen LogP contribution in [-0.4, -0.2) is 30.5 Å². The van der Waals surface area contributed by atoms with Gasteiger partial charge in [-0.3, -0.25) is 9.59 Å². The van der Waals surface area contributed by atoms with Gasteiger partial charge < -0.3 is 15.4 Å². The lowest BCUT2D eigenvalue weighted by Gasteiger charge is -2.20. The predicted molar refractivity (Wildman–Crippen MR) is 115 cm³/mol. The molecular formula is C24H26N2O3. The molecule has 0 saturated heterocycles. The summed E-state index contributed by atoms with van der Waals surface area (Å²) in [7, 11) is 0. The molecule has 0 bridgehead atoms. The molecule has 0 aliphatic carbocycles. The Bertz CT molecular complexity index is 999. The Morgan fingerprint density at radius 3 is 2.14 bits per heavy atom. The Balaban J connectivity index is 1.51. The molecule has 0 unspecified atom stereocenters. The van der Waals surface area contributed by atoms with Crippen LogP contribution in [0.5, 0.6) is 5.75 Å². The standard InChI is InChI=1S/C24H26N2O3/c1-24(2,3)26-23(28)19-13-11-18(12-14-19)22(27)25-15-16-29-21-10-6-8-17-7-4-5-9-20(17)21/h4-14H,15-16H2,1-3H3,(H,25,27)(H,26,28). The maximum absolute atomic E-state index is 12.3. The van der Waals surface area contributed by atoms with E-state index in [1.165, 1.54) is 0 Å². The first-order valence-corrected chi connectivity index (χ1v) is 9.65. The number of nitrogens with one attached hydrogen (secondary N) is 2. The van der Waals surface area contributed by atoms with E-state index in [-0.39, 0.29) is 17.4 Å². The normalized spacial score (nSPS) is 11.1. The monoisotopic (exact) mass is 390 g/mol. The lowest BCUT2D eigenvalue weighted by molar-refractivity contribution is 0.0915. The Kier molecular flexibility index (Phi) is 6.17. The summed E-state index contributed by atoms with van der Waals surface area (Å²) >= 11 is 0. The molecule has 0 spiro atoms. The van der Waals surface area contributed by atoms with Gasteiger partial charge in [0.2, 0.25) is 0 Å². The zero-order chi connectivity index (χ0) is 20.9. The third kappa shape index (κ3) is 5.57. The molecule has 0 aliphatic rings. The molecule has 2 amide bonds. The third-order valence-electron chi connectivity index (χ3n) is 4.29. The highest BCUT2D eigenvalue weighted by Crippen LogP contribution is 2.24. The molecule has 0 radical (unpaired) electrons. The van der Waals surface area contributed by atoms with Crippen molar-refractivity contribution in [1.82, 2.24) is 10.6 Å². The minimum Gasteiger partial charge on any atom is -0.491 e. The van der Waals surface area contributed by atoms with Crippen LogP contribution in [-0.2, 0) is 0 Å². The van der Waals surface area contributed by atoms with Crippen LogP contribution in [0.2, 0.25) is 0 Å². The van der Waals surface area contributed by atoms with Crippen molar-refractivity contribution >= 4 is 22.6 Å². The SMILES string of the molecule is CC(C)(C)NC(=O)c1ccc(C(=O)NCCOc2cccc3ccccc23)cc1. The van der Waals surface area contributed by atoms with Crippen molar-refractivity contribution in [2.24, 2.45) is 0 Å². The first-order chi connectivity index (χ1) is 13.8. The molecule has 3 aromatic carbocycles. The number of hydrogen-bond donors (Lipinski definition) is 2. The Morgan fingerprint density at radius 2 is 1.45 bits per heavy atom. The summed E-state index contributed by atoms with van der Waals surface area (Å²) < 4.78 is 5.83. The van der Waals surface area contributed by atoms with Crippen molar-refractivity contribution in [3.05, 3.63) is 77.9 Å². The molecular weight excluding hydrogens is 364 g/mol.